The summed E-state index contributed by atoms with van der Waals surface area (Å²) in [5, 5.41) is 4.14. The molecular weight excluding hydrogens is 330 g/mol. The molecule has 0 atom stereocenters. The minimum absolute atomic E-state index is 0.484. The number of rotatable bonds is 6. The van der Waals surface area contributed by atoms with Crippen molar-refractivity contribution in [2.75, 3.05) is 14.2 Å². The average Bonchev–Trinajstić information content (AvgIpc) is 3.18. The maximum Gasteiger partial charge on any atom is 0.237 e. The molecule has 3 aromatic rings. The average molecular weight is 353 g/mol. The normalized spacial score (nSPS) is 11.4. The lowest BCUT2D eigenvalue weighted by molar-refractivity contribution is 0.329. The fraction of sp³-hybridized carbons (Fsp3) is 0.300. The fourth-order valence-corrected chi connectivity index (χ4v) is 2.73. The third-order valence-electron chi connectivity index (χ3n) is 4.51. The number of nitrogens with zero attached hydrogens (tertiary/aromatic N) is 2. The number of ether oxygens (including phenoxy) is 2. The number of methoxy groups -OCH3 is 2. The van der Waals surface area contributed by atoms with Gasteiger partial charge in [-0.3, -0.25) is 0 Å². The van der Waals surface area contributed by atoms with Crippen molar-refractivity contribution in [1.29, 1.82) is 0 Å². The van der Waals surface area contributed by atoms with Gasteiger partial charge in [0.05, 0.1) is 19.6 Å². The van der Waals surface area contributed by atoms with Crippen molar-refractivity contribution in [2.45, 2.75) is 25.8 Å². The maximum atomic E-state index is 5.64. The Bertz CT molecular complexity index is 886. The molecule has 0 unspecified atom stereocenters. The standard InChI is InChI=1S/C20H23N3O3/c1-20(2,15-9-10-16(24-3)17(11-15)25-4)19-22-18(23-26-19)14-7-5-13(12-21)6-8-14/h5-11H,12,21H2,1-4H3. The number of hydrogen-bond donors (Lipinski definition) is 1. The highest BCUT2D eigenvalue weighted by atomic mass is 16.5. The van der Waals surface area contributed by atoms with Gasteiger partial charge in [0.1, 0.15) is 0 Å². The van der Waals surface area contributed by atoms with E-state index in [1.165, 1.54) is 0 Å². The largest absolute Gasteiger partial charge is 0.493 e. The predicted octanol–water partition coefficient (Wildman–Crippen LogP) is 3.54. The van der Waals surface area contributed by atoms with Crippen molar-refractivity contribution in [3.8, 4) is 22.9 Å². The topological polar surface area (TPSA) is 83.4 Å². The molecule has 2 N–H and O–H groups in total. The molecule has 0 aliphatic heterocycles. The van der Waals surface area contributed by atoms with Gasteiger partial charge >= 0.3 is 0 Å². The molecule has 0 amide bonds. The summed E-state index contributed by atoms with van der Waals surface area (Å²) in [5.41, 5.74) is 8.09. The first-order chi connectivity index (χ1) is 12.5. The summed E-state index contributed by atoms with van der Waals surface area (Å²) < 4.78 is 16.3. The van der Waals surface area contributed by atoms with E-state index in [4.69, 9.17) is 19.7 Å². The summed E-state index contributed by atoms with van der Waals surface area (Å²) in [7, 11) is 3.23. The SMILES string of the molecule is COc1ccc(C(C)(C)c2nc(-c3ccc(CN)cc3)no2)cc1OC. The van der Waals surface area contributed by atoms with Gasteiger partial charge in [-0.05, 0) is 37.1 Å². The molecule has 1 heterocycles. The Kier molecular flexibility index (Phi) is 4.95. The Hall–Kier alpha value is -2.86. The van der Waals surface area contributed by atoms with Crippen molar-refractivity contribution in [3.63, 3.8) is 0 Å². The minimum atomic E-state index is -0.484. The summed E-state index contributed by atoms with van der Waals surface area (Å²) in [5.74, 6) is 2.42. The molecule has 136 valence electrons. The fourth-order valence-electron chi connectivity index (χ4n) is 2.73. The summed E-state index contributed by atoms with van der Waals surface area (Å²) in [6.45, 7) is 4.57. The van der Waals surface area contributed by atoms with E-state index in [0.29, 0.717) is 29.8 Å². The lowest BCUT2D eigenvalue weighted by atomic mass is 9.84. The quantitative estimate of drug-likeness (QED) is 0.730. The molecule has 0 aliphatic carbocycles. The van der Waals surface area contributed by atoms with E-state index in [-0.39, 0.29) is 0 Å². The zero-order valence-electron chi connectivity index (χ0n) is 15.4. The zero-order chi connectivity index (χ0) is 18.7. The van der Waals surface area contributed by atoms with Crippen molar-refractivity contribution in [1.82, 2.24) is 10.1 Å². The second kappa shape index (κ2) is 7.17. The Morgan fingerprint density at radius 1 is 1.00 bits per heavy atom. The molecule has 0 aliphatic rings. The van der Waals surface area contributed by atoms with Crippen LogP contribution in [-0.4, -0.2) is 24.4 Å². The monoisotopic (exact) mass is 353 g/mol. The number of nitrogens with two attached hydrogens (primary N) is 1. The highest BCUT2D eigenvalue weighted by molar-refractivity contribution is 5.55. The summed E-state index contributed by atoms with van der Waals surface area (Å²) >= 11 is 0. The van der Waals surface area contributed by atoms with Crippen molar-refractivity contribution in [3.05, 3.63) is 59.5 Å². The Labute approximate surface area is 152 Å². The Morgan fingerprint density at radius 3 is 2.31 bits per heavy atom. The van der Waals surface area contributed by atoms with Crippen LogP contribution in [0.15, 0.2) is 47.0 Å². The molecule has 2 aromatic carbocycles. The van der Waals surface area contributed by atoms with Crippen LogP contribution in [0, 0.1) is 0 Å². The van der Waals surface area contributed by atoms with Crippen LogP contribution >= 0.6 is 0 Å². The van der Waals surface area contributed by atoms with E-state index in [1.807, 2.05) is 56.3 Å². The molecule has 0 saturated carbocycles. The van der Waals surface area contributed by atoms with Crippen LogP contribution in [0.25, 0.3) is 11.4 Å². The molecule has 6 heteroatoms. The molecule has 0 fully saturated rings. The lowest BCUT2D eigenvalue weighted by Crippen LogP contribution is -2.19. The molecule has 26 heavy (non-hydrogen) atoms. The van der Waals surface area contributed by atoms with E-state index in [9.17, 15) is 0 Å². The van der Waals surface area contributed by atoms with Gasteiger partial charge in [-0.1, -0.05) is 35.5 Å². The van der Waals surface area contributed by atoms with Gasteiger partial charge in [0, 0.05) is 12.1 Å². The molecular formula is C20H23N3O3. The highest BCUT2D eigenvalue weighted by Gasteiger charge is 2.31. The third kappa shape index (κ3) is 3.28. The third-order valence-corrected chi connectivity index (χ3v) is 4.51. The first kappa shape index (κ1) is 17.9. The Balaban J connectivity index is 1.94. The van der Waals surface area contributed by atoms with E-state index in [1.54, 1.807) is 14.2 Å². The summed E-state index contributed by atoms with van der Waals surface area (Å²) in [6.07, 6.45) is 0. The van der Waals surface area contributed by atoms with Crippen LogP contribution in [0.1, 0.15) is 30.9 Å². The van der Waals surface area contributed by atoms with E-state index in [0.717, 1.165) is 16.7 Å². The minimum Gasteiger partial charge on any atom is -0.493 e. The number of hydrogen-bond acceptors (Lipinski definition) is 6. The molecule has 0 saturated heterocycles. The highest BCUT2D eigenvalue weighted by Crippen LogP contribution is 2.36. The van der Waals surface area contributed by atoms with Crippen LogP contribution in [0.3, 0.4) is 0 Å². The van der Waals surface area contributed by atoms with E-state index in [2.05, 4.69) is 10.1 Å². The smallest absolute Gasteiger partial charge is 0.237 e. The van der Waals surface area contributed by atoms with E-state index < -0.39 is 5.41 Å². The first-order valence-corrected chi connectivity index (χ1v) is 8.35. The second-order valence-electron chi connectivity index (χ2n) is 6.52. The number of benzene rings is 2. The lowest BCUT2D eigenvalue weighted by Gasteiger charge is -2.21. The predicted molar refractivity (Wildman–Crippen MR) is 99.3 cm³/mol. The van der Waals surface area contributed by atoms with Crippen molar-refractivity contribution < 1.29 is 14.0 Å². The van der Waals surface area contributed by atoms with Crippen LogP contribution < -0.4 is 15.2 Å². The van der Waals surface area contributed by atoms with E-state index >= 15 is 0 Å². The van der Waals surface area contributed by atoms with Gasteiger partial charge in [0.2, 0.25) is 11.7 Å². The van der Waals surface area contributed by atoms with Gasteiger partial charge in [-0.15, -0.1) is 0 Å². The van der Waals surface area contributed by atoms with Gasteiger partial charge in [0.15, 0.2) is 11.5 Å². The summed E-state index contributed by atoms with van der Waals surface area (Å²) in [6, 6.07) is 13.6. The first-order valence-electron chi connectivity index (χ1n) is 8.35. The molecule has 0 spiro atoms. The molecule has 6 nitrogen and oxygen atoms in total. The summed E-state index contributed by atoms with van der Waals surface area (Å²) in [4.78, 5) is 4.60. The van der Waals surface area contributed by atoms with Gasteiger partial charge in [0.25, 0.3) is 0 Å². The molecule has 0 bridgehead atoms. The van der Waals surface area contributed by atoms with Gasteiger partial charge in [-0.25, -0.2) is 0 Å². The van der Waals surface area contributed by atoms with Gasteiger partial charge < -0.3 is 19.7 Å². The molecule has 3 rings (SSSR count). The van der Waals surface area contributed by atoms with Crippen LogP contribution in [0.4, 0.5) is 0 Å². The maximum absolute atomic E-state index is 5.64. The van der Waals surface area contributed by atoms with Gasteiger partial charge in [-0.2, -0.15) is 4.98 Å². The molecule has 1 aromatic heterocycles. The van der Waals surface area contributed by atoms with Crippen molar-refractivity contribution in [2.24, 2.45) is 5.73 Å². The second-order valence-corrected chi connectivity index (χ2v) is 6.52. The van der Waals surface area contributed by atoms with Crippen LogP contribution in [0.5, 0.6) is 11.5 Å². The van der Waals surface area contributed by atoms with Crippen LogP contribution in [-0.2, 0) is 12.0 Å². The van der Waals surface area contributed by atoms with Crippen LogP contribution in [0.2, 0.25) is 0 Å². The zero-order valence-corrected chi connectivity index (χ0v) is 15.4. The Morgan fingerprint density at radius 2 is 1.69 bits per heavy atom. The van der Waals surface area contributed by atoms with Crippen molar-refractivity contribution >= 4 is 0 Å². The molecule has 0 radical (unpaired) electrons. The number of aromatic nitrogens is 2.